The predicted octanol–water partition coefficient (Wildman–Crippen LogP) is 3.63. The minimum absolute atomic E-state index is 0.750. The predicted molar refractivity (Wildman–Crippen MR) is 66.4 cm³/mol. The maximum atomic E-state index is 7.82. The Kier molecular flexibility index (Phi) is 5.44. The zero-order chi connectivity index (χ0) is 11.1. The van der Waals surface area contributed by atoms with Crippen molar-refractivity contribution in [1.29, 1.82) is 5.41 Å². The second-order valence-electron chi connectivity index (χ2n) is 4.45. The normalized spacial score (nSPS) is 24.7. The Morgan fingerprint density at radius 3 is 2.07 bits per heavy atom. The van der Waals surface area contributed by atoms with Gasteiger partial charge in [0.25, 0.3) is 0 Å². The van der Waals surface area contributed by atoms with Crippen LogP contribution in [-0.2, 0) is 0 Å². The standard InChI is InChI=1S/C13H24N2/c1-11(14)12-9-7-5-3-4-6-8-10-13(12)15-2/h14-15H,3-10H2,1-2H3/b13-12-,14-11?. The molecule has 1 aliphatic carbocycles. The molecule has 2 heteroatoms. The van der Waals surface area contributed by atoms with E-state index in [2.05, 4.69) is 5.32 Å². The average Bonchev–Trinajstić information content (AvgIpc) is 2.24. The Bertz CT molecular complexity index is 241. The van der Waals surface area contributed by atoms with Crippen molar-refractivity contribution in [3.05, 3.63) is 11.3 Å². The van der Waals surface area contributed by atoms with Crippen LogP contribution in [0.4, 0.5) is 0 Å². The molecule has 15 heavy (non-hydrogen) atoms. The summed E-state index contributed by atoms with van der Waals surface area (Å²) < 4.78 is 0. The lowest BCUT2D eigenvalue weighted by atomic mass is 9.95. The van der Waals surface area contributed by atoms with E-state index in [4.69, 9.17) is 5.41 Å². The van der Waals surface area contributed by atoms with Gasteiger partial charge in [0.1, 0.15) is 0 Å². The summed E-state index contributed by atoms with van der Waals surface area (Å²) in [6, 6.07) is 0. The third kappa shape index (κ3) is 4.06. The fourth-order valence-corrected chi connectivity index (χ4v) is 2.30. The molecule has 0 atom stereocenters. The molecular weight excluding hydrogens is 184 g/mol. The summed E-state index contributed by atoms with van der Waals surface area (Å²) in [5, 5.41) is 11.1. The summed E-state index contributed by atoms with van der Waals surface area (Å²) in [7, 11) is 1.99. The van der Waals surface area contributed by atoms with E-state index in [-0.39, 0.29) is 0 Å². The summed E-state index contributed by atoms with van der Waals surface area (Å²) in [5.41, 5.74) is 3.32. The van der Waals surface area contributed by atoms with Crippen molar-refractivity contribution in [1.82, 2.24) is 5.32 Å². The minimum Gasteiger partial charge on any atom is -0.391 e. The van der Waals surface area contributed by atoms with Crippen LogP contribution >= 0.6 is 0 Å². The van der Waals surface area contributed by atoms with Crippen molar-refractivity contribution in [3.8, 4) is 0 Å². The molecule has 1 aliphatic rings. The Hall–Kier alpha value is -0.790. The van der Waals surface area contributed by atoms with Crippen LogP contribution in [0.1, 0.15) is 58.3 Å². The monoisotopic (exact) mass is 208 g/mol. The first-order chi connectivity index (χ1) is 7.25. The van der Waals surface area contributed by atoms with Crippen molar-refractivity contribution < 1.29 is 0 Å². The number of hydrogen-bond acceptors (Lipinski definition) is 2. The number of allylic oxidation sites excluding steroid dienone is 2. The fraction of sp³-hybridized carbons (Fsp3) is 0.769. The van der Waals surface area contributed by atoms with E-state index in [1.54, 1.807) is 0 Å². The van der Waals surface area contributed by atoms with Crippen LogP contribution in [-0.4, -0.2) is 12.8 Å². The SMILES string of the molecule is CN/C1=C(\C(C)=N)CCCCCCCC1. The molecule has 0 amide bonds. The van der Waals surface area contributed by atoms with Crippen molar-refractivity contribution >= 4 is 5.71 Å². The van der Waals surface area contributed by atoms with Crippen LogP contribution < -0.4 is 5.32 Å². The number of rotatable bonds is 2. The van der Waals surface area contributed by atoms with Gasteiger partial charge in [-0.25, -0.2) is 0 Å². The van der Waals surface area contributed by atoms with Gasteiger partial charge in [-0.05, 0) is 38.2 Å². The highest BCUT2D eigenvalue weighted by molar-refractivity contribution is 5.96. The molecule has 86 valence electrons. The summed E-state index contributed by atoms with van der Waals surface area (Å²) in [6.07, 6.45) is 10.2. The van der Waals surface area contributed by atoms with E-state index in [1.807, 2.05) is 14.0 Å². The minimum atomic E-state index is 0.750. The van der Waals surface area contributed by atoms with Gasteiger partial charge in [-0.3, -0.25) is 0 Å². The topological polar surface area (TPSA) is 35.9 Å². The molecule has 0 radical (unpaired) electrons. The van der Waals surface area contributed by atoms with Crippen LogP contribution in [0.2, 0.25) is 0 Å². The van der Waals surface area contributed by atoms with E-state index in [9.17, 15) is 0 Å². The van der Waals surface area contributed by atoms with Gasteiger partial charge in [0.15, 0.2) is 0 Å². The molecule has 0 unspecified atom stereocenters. The Balaban J connectivity index is 2.74. The molecule has 0 aliphatic heterocycles. The number of hydrogen-bond donors (Lipinski definition) is 2. The summed E-state index contributed by atoms with van der Waals surface area (Å²) in [5.74, 6) is 0. The van der Waals surface area contributed by atoms with Gasteiger partial charge in [0, 0.05) is 18.5 Å². The molecular formula is C13H24N2. The smallest absolute Gasteiger partial charge is 0.0332 e. The van der Waals surface area contributed by atoms with E-state index >= 15 is 0 Å². The van der Waals surface area contributed by atoms with Crippen LogP contribution in [0, 0.1) is 5.41 Å². The van der Waals surface area contributed by atoms with Crippen molar-refractivity contribution in [2.24, 2.45) is 0 Å². The highest BCUT2D eigenvalue weighted by atomic mass is 14.8. The van der Waals surface area contributed by atoms with Crippen molar-refractivity contribution in [2.75, 3.05) is 7.05 Å². The lowest BCUT2D eigenvalue weighted by Gasteiger charge is -2.16. The zero-order valence-corrected chi connectivity index (χ0v) is 10.2. The molecule has 0 saturated heterocycles. The molecule has 2 N–H and O–H groups in total. The fourth-order valence-electron chi connectivity index (χ4n) is 2.30. The summed E-state index contributed by atoms with van der Waals surface area (Å²) in [4.78, 5) is 0. The van der Waals surface area contributed by atoms with Crippen LogP contribution in [0.5, 0.6) is 0 Å². The largest absolute Gasteiger partial charge is 0.391 e. The van der Waals surface area contributed by atoms with Crippen molar-refractivity contribution in [3.63, 3.8) is 0 Å². The first kappa shape index (κ1) is 12.3. The first-order valence-electron chi connectivity index (χ1n) is 6.21. The van der Waals surface area contributed by atoms with Gasteiger partial charge in [-0.1, -0.05) is 25.7 Å². The van der Waals surface area contributed by atoms with E-state index in [1.165, 1.54) is 49.8 Å². The lowest BCUT2D eigenvalue weighted by molar-refractivity contribution is 0.573. The molecule has 1 rings (SSSR count). The Morgan fingerprint density at radius 1 is 1.00 bits per heavy atom. The highest BCUT2D eigenvalue weighted by Crippen LogP contribution is 2.21. The van der Waals surface area contributed by atoms with Gasteiger partial charge in [0.2, 0.25) is 0 Å². The van der Waals surface area contributed by atoms with Crippen LogP contribution in [0.25, 0.3) is 0 Å². The van der Waals surface area contributed by atoms with E-state index in [0.717, 1.165) is 18.6 Å². The second-order valence-corrected chi connectivity index (χ2v) is 4.45. The molecule has 0 saturated carbocycles. The maximum Gasteiger partial charge on any atom is 0.0332 e. The molecule has 0 fully saturated rings. The summed E-state index contributed by atoms with van der Waals surface area (Å²) in [6.45, 7) is 1.92. The third-order valence-corrected chi connectivity index (χ3v) is 3.22. The van der Waals surface area contributed by atoms with Gasteiger partial charge in [0.05, 0.1) is 0 Å². The molecule has 0 aromatic heterocycles. The zero-order valence-electron chi connectivity index (χ0n) is 10.2. The maximum absolute atomic E-state index is 7.82. The van der Waals surface area contributed by atoms with E-state index < -0.39 is 0 Å². The van der Waals surface area contributed by atoms with Gasteiger partial charge in [-0.2, -0.15) is 0 Å². The van der Waals surface area contributed by atoms with E-state index in [0.29, 0.717) is 0 Å². The number of nitrogens with one attached hydrogen (secondary N) is 2. The Morgan fingerprint density at radius 2 is 1.53 bits per heavy atom. The van der Waals surface area contributed by atoms with Gasteiger partial charge < -0.3 is 10.7 Å². The Labute approximate surface area is 93.7 Å². The molecule has 0 heterocycles. The quantitative estimate of drug-likeness (QED) is 0.668. The van der Waals surface area contributed by atoms with Crippen LogP contribution in [0.15, 0.2) is 11.3 Å². The van der Waals surface area contributed by atoms with Gasteiger partial charge >= 0.3 is 0 Å². The summed E-state index contributed by atoms with van der Waals surface area (Å²) >= 11 is 0. The highest BCUT2D eigenvalue weighted by Gasteiger charge is 2.09. The van der Waals surface area contributed by atoms with Crippen molar-refractivity contribution in [2.45, 2.75) is 58.3 Å². The molecule has 0 spiro atoms. The first-order valence-corrected chi connectivity index (χ1v) is 6.21. The second kappa shape index (κ2) is 6.65. The van der Waals surface area contributed by atoms with Crippen LogP contribution in [0.3, 0.4) is 0 Å². The average molecular weight is 208 g/mol. The molecule has 0 aromatic rings. The molecule has 0 bridgehead atoms. The molecule has 2 nitrogen and oxygen atoms in total. The lowest BCUT2D eigenvalue weighted by Crippen LogP contribution is -2.13. The third-order valence-electron chi connectivity index (χ3n) is 3.22. The van der Waals surface area contributed by atoms with Gasteiger partial charge in [-0.15, -0.1) is 0 Å². The molecule has 0 aromatic carbocycles.